The van der Waals surface area contributed by atoms with Crippen molar-refractivity contribution in [1.82, 2.24) is 29.5 Å². The molecule has 0 saturated carbocycles. The maximum absolute atomic E-state index is 12.2. The number of rotatable bonds is 19. The van der Waals surface area contributed by atoms with Crippen molar-refractivity contribution in [2.75, 3.05) is 62.6 Å². The second-order valence-electron chi connectivity index (χ2n) is 18.3. The van der Waals surface area contributed by atoms with E-state index in [0.29, 0.717) is 60.8 Å². The molecule has 2 atom stereocenters. The summed E-state index contributed by atoms with van der Waals surface area (Å²) in [4.78, 5) is 32.2. The summed E-state index contributed by atoms with van der Waals surface area (Å²) < 4.78 is 19.4. The first-order valence-electron chi connectivity index (χ1n) is 22.0. The van der Waals surface area contributed by atoms with Crippen molar-refractivity contribution < 1.29 is 28.9 Å². The Balaban J connectivity index is 1.38. The quantitative estimate of drug-likeness (QED) is 0.0677. The van der Waals surface area contributed by atoms with Crippen LogP contribution < -0.4 is 24.6 Å². The zero-order valence-electron chi connectivity index (χ0n) is 38.8. The molecule has 1 aliphatic rings. The van der Waals surface area contributed by atoms with Crippen LogP contribution in [0.3, 0.4) is 0 Å². The number of aliphatic hydroxyl groups excluding tert-OH is 1. The molecular weight excluding hydrogens is 815 g/mol. The van der Waals surface area contributed by atoms with Crippen LogP contribution in [0.1, 0.15) is 87.4 Å². The number of hydrogen-bond acceptors (Lipinski definition) is 12. The maximum atomic E-state index is 12.2. The van der Waals surface area contributed by atoms with Crippen LogP contribution in [0, 0.1) is 12.8 Å². The molecule has 2 aromatic carbocycles. The smallest absolute Gasteiger partial charge is 0.407 e. The fourth-order valence-electron chi connectivity index (χ4n) is 7.74. The van der Waals surface area contributed by atoms with E-state index in [4.69, 9.17) is 34.0 Å². The van der Waals surface area contributed by atoms with Crippen LogP contribution in [0.25, 0.3) is 5.65 Å². The van der Waals surface area contributed by atoms with Gasteiger partial charge in [0, 0.05) is 51.5 Å². The predicted octanol–water partition coefficient (Wildman–Crippen LogP) is 8.56. The third kappa shape index (κ3) is 11.6. The van der Waals surface area contributed by atoms with E-state index in [1.807, 2.05) is 61.5 Å². The van der Waals surface area contributed by atoms with Gasteiger partial charge in [0.1, 0.15) is 23.4 Å². The number of carboxylic acid groups (broad SMARTS) is 1. The lowest BCUT2D eigenvalue weighted by molar-refractivity contribution is 0.145. The van der Waals surface area contributed by atoms with Crippen LogP contribution in [0.15, 0.2) is 67.0 Å². The number of anilines is 3. The van der Waals surface area contributed by atoms with Gasteiger partial charge in [0.05, 0.1) is 38.8 Å². The predicted molar refractivity (Wildman–Crippen MR) is 251 cm³/mol. The number of nitrogens with one attached hydrogen (secondary N) is 1. The van der Waals surface area contributed by atoms with Crippen molar-refractivity contribution in [3.05, 3.63) is 94.9 Å². The summed E-state index contributed by atoms with van der Waals surface area (Å²) in [6.07, 6.45) is 4.93. The number of fused-ring (bicyclic) bond motifs is 1. The molecule has 4 heterocycles. The van der Waals surface area contributed by atoms with E-state index in [9.17, 15) is 15.0 Å². The van der Waals surface area contributed by atoms with Crippen molar-refractivity contribution in [3.63, 3.8) is 0 Å². The molecule has 0 aliphatic carbocycles. The number of piperidine rings is 1. The molecule has 15 nitrogen and oxygen atoms in total. The van der Waals surface area contributed by atoms with Crippen molar-refractivity contribution in [1.29, 1.82) is 0 Å². The molecule has 1 aliphatic heterocycles. The minimum Gasteiger partial charge on any atom is -0.497 e. The summed E-state index contributed by atoms with van der Waals surface area (Å²) in [7, 11) is 2.88. The molecule has 340 valence electrons. The Morgan fingerprint density at radius 1 is 0.968 bits per heavy atom. The molecule has 0 radical (unpaired) electrons. The first-order chi connectivity index (χ1) is 30.0. The van der Waals surface area contributed by atoms with Crippen molar-refractivity contribution >= 4 is 37.6 Å². The van der Waals surface area contributed by atoms with E-state index < -0.39 is 20.5 Å². The first kappa shape index (κ1) is 47.0. The van der Waals surface area contributed by atoms with Gasteiger partial charge in [-0.2, -0.15) is 4.98 Å². The third-order valence-corrected chi connectivity index (χ3v) is 17.1. The van der Waals surface area contributed by atoms with E-state index in [1.54, 1.807) is 38.2 Å². The standard InChI is InChI=1S/C47H67N9O6Si/c1-11-12-37(31-62-63(9,10)47(3,4)5)50-45-51-44(55(29-33-13-17-38(60-7)18-14-33)30-34-15-19-39(61-8)20-16-34)43-49-27-40(56(43)52-45)41(57)36-25-32(2)42(48-26-36)54-23-21-35(22-24-54)28-53(6)46(58)59/h13-20,25-27,35,37,41,57H,11-12,21-24,28-31H2,1-10H3,(H,50,52)(H,58,59). The number of aryl methyl sites for hydroxylation is 1. The van der Waals surface area contributed by atoms with Gasteiger partial charge >= 0.3 is 6.09 Å². The van der Waals surface area contributed by atoms with Crippen LogP contribution in [0.4, 0.5) is 22.4 Å². The number of amides is 1. The summed E-state index contributed by atoms with van der Waals surface area (Å²) in [5.41, 5.74) is 4.63. The molecule has 2 unspecified atom stereocenters. The Labute approximate surface area is 373 Å². The highest BCUT2D eigenvalue weighted by atomic mass is 28.4. The molecule has 6 rings (SSSR count). The van der Waals surface area contributed by atoms with Gasteiger partial charge in [0.15, 0.2) is 19.8 Å². The SMILES string of the molecule is CCCC(CO[Si](C)(C)C(C)(C)C)Nc1nc(N(Cc2ccc(OC)cc2)Cc2ccc(OC)cc2)c2ncc(C(O)c3cnc(N4CCC(CN(C)C(=O)O)CC4)c(C)c3)n2n1. The van der Waals surface area contributed by atoms with Gasteiger partial charge in [-0.05, 0) is 97.3 Å². The van der Waals surface area contributed by atoms with Crippen molar-refractivity contribution in [2.45, 2.75) is 104 Å². The summed E-state index contributed by atoms with van der Waals surface area (Å²) in [5, 5.41) is 30.3. The van der Waals surface area contributed by atoms with E-state index in [2.05, 4.69) is 55.9 Å². The number of nitrogens with zero attached hydrogens (tertiary/aromatic N) is 8. The molecule has 63 heavy (non-hydrogen) atoms. The molecule has 1 fully saturated rings. The van der Waals surface area contributed by atoms with Gasteiger partial charge in [-0.25, -0.2) is 19.3 Å². The normalized spacial score (nSPS) is 14.7. The number of ether oxygens (including phenoxy) is 2. The monoisotopic (exact) mass is 881 g/mol. The number of benzene rings is 2. The highest BCUT2D eigenvalue weighted by Crippen LogP contribution is 2.37. The number of pyridine rings is 1. The van der Waals surface area contributed by atoms with Gasteiger partial charge in [-0.3, -0.25) is 0 Å². The van der Waals surface area contributed by atoms with E-state index in [-0.39, 0.29) is 11.1 Å². The molecule has 1 amide bonds. The zero-order valence-corrected chi connectivity index (χ0v) is 39.8. The minimum atomic E-state index is -2.06. The topological polar surface area (TPSA) is 163 Å². The van der Waals surface area contributed by atoms with Gasteiger partial charge in [0.25, 0.3) is 0 Å². The van der Waals surface area contributed by atoms with Crippen molar-refractivity contribution in [3.8, 4) is 11.5 Å². The number of imidazole rings is 1. The second-order valence-corrected chi connectivity index (χ2v) is 23.1. The van der Waals surface area contributed by atoms with Gasteiger partial charge in [-0.1, -0.05) is 58.4 Å². The van der Waals surface area contributed by atoms with Gasteiger partial charge in [0.2, 0.25) is 5.95 Å². The summed E-state index contributed by atoms with van der Waals surface area (Å²) in [6, 6.07) is 17.9. The molecule has 0 bridgehead atoms. The van der Waals surface area contributed by atoms with E-state index >= 15 is 0 Å². The molecule has 5 aromatic rings. The molecule has 0 spiro atoms. The summed E-state index contributed by atoms with van der Waals surface area (Å²) in [6.45, 7) is 19.0. The highest BCUT2D eigenvalue weighted by Gasteiger charge is 2.38. The average Bonchev–Trinajstić information content (AvgIpc) is 3.69. The summed E-state index contributed by atoms with van der Waals surface area (Å²) in [5.74, 6) is 3.70. The lowest BCUT2D eigenvalue weighted by Crippen LogP contribution is -2.43. The highest BCUT2D eigenvalue weighted by molar-refractivity contribution is 6.74. The summed E-state index contributed by atoms with van der Waals surface area (Å²) >= 11 is 0. The molecule has 3 aromatic heterocycles. The van der Waals surface area contributed by atoms with Crippen LogP contribution in [-0.2, 0) is 17.5 Å². The number of methoxy groups -OCH3 is 2. The Morgan fingerprint density at radius 2 is 1.57 bits per heavy atom. The number of hydrogen-bond donors (Lipinski definition) is 3. The number of aromatic nitrogens is 5. The second kappa shape index (κ2) is 20.4. The molecule has 16 heteroatoms. The van der Waals surface area contributed by atoms with Crippen LogP contribution in [-0.4, -0.2) is 108 Å². The average molecular weight is 882 g/mol. The van der Waals surface area contributed by atoms with E-state index in [1.165, 1.54) is 4.90 Å². The number of aliphatic hydroxyl groups is 1. The Kier molecular flexibility index (Phi) is 15.2. The maximum Gasteiger partial charge on any atom is 0.407 e. The van der Waals surface area contributed by atoms with Crippen LogP contribution in [0.2, 0.25) is 18.1 Å². The lowest BCUT2D eigenvalue weighted by atomic mass is 9.96. The largest absolute Gasteiger partial charge is 0.497 e. The first-order valence-corrected chi connectivity index (χ1v) is 24.9. The van der Waals surface area contributed by atoms with Crippen LogP contribution >= 0.6 is 0 Å². The number of carbonyl (C=O) groups is 1. The van der Waals surface area contributed by atoms with Crippen LogP contribution in [0.5, 0.6) is 11.5 Å². The van der Waals surface area contributed by atoms with Gasteiger partial charge in [-0.15, -0.1) is 5.10 Å². The minimum absolute atomic E-state index is 0.0560. The third-order valence-electron chi connectivity index (χ3n) is 12.6. The molecule has 1 saturated heterocycles. The van der Waals surface area contributed by atoms with E-state index in [0.717, 1.165) is 72.8 Å². The lowest BCUT2D eigenvalue weighted by Gasteiger charge is -2.37. The Bertz CT molecular complexity index is 2230. The fourth-order valence-corrected chi connectivity index (χ4v) is 8.79. The van der Waals surface area contributed by atoms with Gasteiger partial charge < -0.3 is 44.1 Å². The zero-order chi connectivity index (χ0) is 45.5. The Hall–Kier alpha value is -5.45. The molecular formula is C47H67N9O6Si. The Morgan fingerprint density at radius 3 is 2.10 bits per heavy atom. The fraction of sp³-hybridized carbons (Fsp3) is 0.511. The van der Waals surface area contributed by atoms with Crippen molar-refractivity contribution in [2.24, 2.45) is 5.92 Å². The molecule has 3 N–H and O–H groups in total.